The molecular formula is C11H11N3O3S. The van der Waals surface area contributed by atoms with Gasteiger partial charge in [0, 0.05) is 19.2 Å². The van der Waals surface area contributed by atoms with Crippen LogP contribution in [0.4, 0.5) is 0 Å². The number of hydrogen-bond donors (Lipinski definition) is 1. The van der Waals surface area contributed by atoms with Crippen LogP contribution < -0.4 is 5.32 Å². The molecule has 18 heavy (non-hydrogen) atoms. The maximum atomic E-state index is 11.1. The second-order valence-electron chi connectivity index (χ2n) is 3.63. The van der Waals surface area contributed by atoms with Crippen LogP contribution in [0.15, 0.2) is 16.1 Å². The van der Waals surface area contributed by atoms with Gasteiger partial charge in [0.2, 0.25) is 11.8 Å². The molecule has 0 unspecified atom stereocenters. The van der Waals surface area contributed by atoms with Gasteiger partial charge in [-0.3, -0.25) is 9.59 Å². The van der Waals surface area contributed by atoms with Gasteiger partial charge in [-0.2, -0.15) is 0 Å². The van der Waals surface area contributed by atoms with Gasteiger partial charge in [0.1, 0.15) is 22.7 Å². The zero-order valence-electron chi connectivity index (χ0n) is 9.89. The molecule has 2 aromatic rings. The highest BCUT2D eigenvalue weighted by Crippen LogP contribution is 2.21. The Labute approximate surface area is 107 Å². The van der Waals surface area contributed by atoms with E-state index < -0.39 is 0 Å². The molecule has 0 saturated carbocycles. The Morgan fingerprint density at radius 3 is 2.78 bits per heavy atom. The molecule has 7 heteroatoms. The summed E-state index contributed by atoms with van der Waals surface area (Å²) in [5.74, 6) is 0.0472. The largest absolute Gasteiger partial charge is 0.443 e. The zero-order valence-corrected chi connectivity index (χ0v) is 10.7. The van der Waals surface area contributed by atoms with Crippen LogP contribution in [-0.4, -0.2) is 21.7 Å². The van der Waals surface area contributed by atoms with E-state index in [0.717, 1.165) is 5.01 Å². The third-order valence-electron chi connectivity index (χ3n) is 2.12. The molecule has 6 nitrogen and oxygen atoms in total. The molecule has 94 valence electrons. The molecule has 0 saturated heterocycles. The Morgan fingerprint density at radius 1 is 1.39 bits per heavy atom. The summed E-state index contributed by atoms with van der Waals surface area (Å²) in [6.07, 6.45) is 1.31. The number of Topliss-reactive ketones (excluding diaryl/α,β-unsaturated/α-hetero) is 1. The zero-order chi connectivity index (χ0) is 13.1. The van der Waals surface area contributed by atoms with Gasteiger partial charge in [-0.25, -0.2) is 9.97 Å². The molecule has 2 aromatic heterocycles. The number of thiazole rings is 1. The smallest absolute Gasteiger partial charge is 0.246 e. The molecule has 0 aliphatic heterocycles. The van der Waals surface area contributed by atoms with E-state index in [1.807, 2.05) is 0 Å². The van der Waals surface area contributed by atoms with Crippen LogP contribution in [0.1, 0.15) is 29.3 Å². The summed E-state index contributed by atoms with van der Waals surface area (Å²) in [5.41, 5.74) is 0.842. The molecule has 0 atom stereocenters. The van der Waals surface area contributed by atoms with Crippen molar-refractivity contribution < 1.29 is 14.0 Å². The van der Waals surface area contributed by atoms with E-state index in [1.165, 1.54) is 31.4 Å². The topological polar surface area (TPSA) is 85.1 Å². The van der Waals surface area contributed by atoms with Gasteiger partial charge in [-0.15, -0.1) is 11.3 Å². The second-order valence-corrected chi connectivity index (χ2v) is 4.57. The van der Waals surface area contributed by atoms with Crippen molar-refractivity contribution in [3.63, 3.8) is 0 Å². The molecule has 2 heterocycles. The fraction of sp³-hybridized carbons (Fsp3) is 0.273. The third-order valence-corrected chi connectivity index (χ3v) is 2.97. The van der Waals surface area contributed by atoms with Gasteiger partial charge >= 0.3 is 0 Å². The lowest BCUT2D eigenvalue weighted by atomic mass is 10.3. The molecule has 2 rings (SSSR count). The summed E-state index contributed by atoms with van der Waals surface area (Å²) in [6.45, 7) is 3.24. The maximum absolute atomic E-state index is 11.1. The normalized spacial score (nSPS) is 10.3. The van der Waals surface area contributed by atoms with Gasteiger partial charge in [-0.1, -0.05) is 0 Å². The lowest BCUT2D eigenvalue weighted by Crippen LogP contribution is -2.18. The van der Waals surface area contributed by atoms with Crippen LogP contribution in [0.3, 0.4) is 0 Å². The highest BCUT2D eigenvalue weighted by Gasteiger charge is 2.12. The Kier molecular flexibility index (Phi) is 3.52. The highest BCUT2D eigenvalue weighted by molar-refractivity contribution is 7.09. The summed E-state index contributed by atoms with van der Waals surface area (Å²) in [7, 11) is 0. The summed E-state index contributed by atoms with van der Waals surface area (Å²) < 4.78 is 5.18. The van der Waals surface area contributed by atoms with E-state index in [0.29, 0.717) is 18.1 Å². The van der Waals surface area contributed by atoms with E-state index >= 15 is 0 Å². The first-order chi connectivity index (χ1) is 8.56. The first-order valence-corrected chi connectivity index (χ1v) is 6.10. The lowest BCUT2D eigenvalue weighted by molar-refractivity contribution is -0.119. The van der Waals surface area contributed by atoms with Crippen molar-refractivity contribution in [3.8, 4) is 11.6 Å². The first-order valence-electron chi connectivity index (χ1n) is 5.22. The average molecular weight is 265 g/mol. The number of amides is 1. The number of hydrogen-bond acceptors (Lipinski definition) is 6. The molecule has 0 radical (unpaired) electrons. The summed E-state index contributed by atoms with van der Waals surface area (Å²) in [4.78, 5) is 30.1. The summed E-state index contributed by atoms with van der Waals surface area (Å²) in [6, 6.07) is 0. The monoisotopic (exact) mass is 265 g/mol. The molecule has 0 fully saturated rings. The summed E-state index contributed by atoms with van der Waals surface area (Å²) in [5, 5.41) is 5.18. The molecule has 0 aromatic carbocycles. The van der Waals surface area contributed by atoms with E-state index in [-0.39, 0.29) is 17.4 Å². The second kappa shape index (κ2) is 5.09. The molecular weight excluding hydrogens is 254 g/mol. The minimum absolute atomic E-state index is 0.110. The van der Waals surface area contributed by atoms with E-state index in [9.17, 15) is 9.59 Å². The lowest BCUT2D eigenvalue weighted by Gasteiger charge is -1.95. The minimum Gasteiger partial charge on any atom is -0.443 e. The maximum Gasteiger partial charge on any atom is 0.246 e. The Morgan fingerprint density at radius 2 is 2.17 bits per heavy atom. The van der Waals surface area contributed by atoms with Crippen molar-refractivity contribution in [2.24, 2.45) is 0 Å². The quantitative estimate of drug-likeness (QED) is 0.849. The van der Waals surface area contributed by atoms with Crippen molar-refractivity contribution >= 4 is 23.0 Å². The number of nitrogens with zero attached hydrogens (tertiary/aromatic N) is 2. The van der Waals surface area contributed by atoms with Crippen LogP contribution in [0.5, 0.6) is 0 Å². The number of carbonyl (C=O) groups is 2. The molecule has 1 amide bonds. The Hall–Kier alpha value is -2.02. The summed E-state index contributed by atoms with van der Waals surface area (Å²) >= 11 is 1.39. The van der Waals surface area contributed by atoms with Crippen molar-refractivity contribution in [1.82, 2.24) is 15.3 Å². The molecule has 1 N–H and O–H groups in total. The molecule has 0 aliphatic carbocycles. The number of oxazole rings is 1. The van der Waals surface area contributed by atoms with Gasteiger partial charge < -0.3 is 9.73 Å². The van der Waals surface area contributed by atoms with Crippen LogP contribution in [0.2, 0.25) is 0 Å². The van der Waals surface area contributed by atoms with Gasteiger partial charge in [0.15, 0.2) is 5.78 Å². The van der Waals surface area contributed by atoms with E-state index in [1.54, 1.807) is 5.38 Å². The molecule has 0 spiro atoms. The highest BCUT2D eigenvalue weighted by atomic mass is 32.1. The standard InChI is InChI=1S/C11H11N3O3S/c1-6(15)8-4-17-11(14-8)9-5-18-10(13-9)3-12-7(2)16/h4-5H,3H2,1-2H3,(H,12,16). The minimum atomic E-state index is -0.154. The number of nitrogens with one attached hydrogen (secondary N) is 1. The van der Waals surface area contributed by atoms with Crippen LogP contribution in [-0.2, 0) is 11.3 Å². The average Bonchev–Trinajstić information content (AvgIpc) is 2.95. The first kappa shape index (κ1) is 12.4. The van der Waals surface area contributed by atoms with Crippen LogP contribution in [0.25, 0.3) is 11.6 Å². The van der Waals surface area contributed by atoms with Crippen LogP contribution >= 0.6 is 11.3 Å². The number of carbonyl (C=O) groups excluding carboxylic acids is 2. The van der Waals surface area contributed by atoms with E-state index in [2.05, 4.69) is 15.3 Å². The number of aromatic nitrogens is 2. The predicted octanol–water partition coefficient (Wildman–Crippen LogP) is 1.64. The number of ketones is 1. The van der Waals surface area contributed by atoms with Gasteiger partial charge in [0.25, 0.3) is 0 Å². The fourth-order valence-corrected chi connectivity index (χ4v) is 1.95. The van der Waals surface area contributed by atoms with Gasteiger partial charge in [0.05, 0.1) is 6.54 Å². The number of rotatable bonds is 4. The van der Waals surface area contributed by atoms with Gasteiger partial charge in [-0.05, 0) is 0 Å². The van der Waals surface area contributed by atoms with Crippen LogP contribution in [0, 0.1) is 0 Å². The van der Waals surface area contributed by atoms with Crippen molar-refractivity contribution in [3.05, 3.63) is 22.3 Å². The van der Waals surface area contributed by atoms with E-state index in [4.69, 9.17) is 4.42 Å². The fourth-order valence-electron chi connectivity index (χ4n) is 1.24. The Balaban J connectivity index is 2.13. The predicted molar refractivity (Wildman–Crippen MR) is 65.1 cm³/mol. The molecule has 0 bridgehead atoms. The molecule has 0 aliphatic rings. The third kappa shape index (κ3) is 2.80. The Bertz CT molecular complexity index is 588. The SMILES string of the molecule is CC(=O)NCc1nc(-c2nc(C(C)=O)co2)cs1. The van der Waals surface area contributed by atoms with Crippen molar-refractivity contribution in [2.75, 3.05) is 0 Å². The van der Waals surface area contributed by atoms with Crippen molar-refractivity contribution in [2.45, 2.75) is 20.4 Å². The van der Waals surface area contributed by atoms with Crippen molar-refractivity contribution in [1.29, 1.82) is 0 Å².